The number of aromatic nitrogens is 3. The molecule has 0 spiro atoms. The molecule has 0 atom stereocenters. The molecule has 0 aliphatic heterocycles. The molecule has 7 heteroatoms. The van der Waals surface area contributed by atoms with Gasteiger partial charge in [0.15, 0.2) is 0 Å². The van der Waals surface area contributed by atoms with Crippen LogP contribution >= 0.6 is 11.6 Å². The Morgan fingerprint density at radius 3 is 2.52 bits per heavy atom. The second kappa shape index (κ2) is 7.63. The third kappa shape index (κ3) is 3.49. The minimum atomic E-state index is -0.417. The van der Waals surface area contributed by atoms with Crippen molar-refractivity contribution in [3.63, 3.8) is 0 Å². The van der Waals surface area contributed by atoms with E-state index in [0.29, 0.717) is 32.5 Å². The van der Waals surface area contributed by atoms with Crippen molar-refractivity contribution < 1.29 is 8.78 Å². The highest BCUT2D eigenvalue weighted by Crippen LogP contribution is 2.27. The highest BCUT2D eigenvalue weighted by Gasteiger charge is 2.18. The van der Waals surface area contributed by atoms with E-state index in [1.165, 1.54) is 35.2 Å². The van der Waals surface area contributed by atoms with Crippen molar-refractivity contribution in [3.05, 3.63) is 111 Å². The van der Waals surface area contributed by atoms with Crippen LogP contribution in [0.3, 0.4) is 0 Å². The van der Waals surface area contributed by atoms with E-state index in [-0.39, 0.29) is 24.5 Å². The van der Waals surface area contributed by atoms with Crippen molar-refractivity contribution in [2.75, 3.05) is 0 Å². The number of hydrogen-bond donors (Lipinski definition) is 0. The summed E-state index contributed by atoms with van der Waals surface area (Å²) in [4.78, 5) is 17.9. The van der Waals surface area contributed by atoms with Crippen molar-refractivity contribution in [2.45, 2.75) is 13.1 Å². The molecule has 0 aliphatic carbocycles. The molecule has 0 aliphatic rings. The summed E-state index contributed by atoms with van der Waals surface area (Å²) < 4.78 is 31.0. The van der Waals surface area contributed by atoms with E-state index in [0.717, 1.165) is 5.56 Å². The van der Waals surface area contributed by atoms with Crippen molar-refractivity contribution in [3.8, 4) is 0 Å². The van der Waals surface area contributed by atoms with E-state index in [1.54, 1.807) is 28.8 Å². The summed E-state index contributed by atoms with van der Waals surface area (Å²) in [5.41, 5.74) is 2.58. The fraction of sp³-hybridized carbons (Fsp3) is 0.0833. The molecule has 0 bridgehead atoms. The molecule has 0 saturated carbocycles. The van der Waals surface area contributed by atoms with E-state index in [2.05, 4.69) is 4.98 Å². The molecule has 2 aromatic heterocycles. The third-order valence-corrected chi connectivity index (χ3v) is 5.69. The van der Waals surface area contributed by atoms with Crippen LogP contribution in [0.4, 0.5) is 8.78 Å². The van der Waals surface area contributed by atoms with Crippen LogP contribution in [0.5, 0.6) is 0 Å². The van der Waals surface area contributed by atoms with Gasteiger partial charge in [0.1, 0.15) is 22.7 Å². The molecule has 31 heavy (non-hydrogen) atoms. The average molecular weight is 436 g/mol. The number of hydrogen-bond acceptors (Lipinski definition) is 2. The van der Waals surface area contributed by atoms with Gasteiger partial charge >= 0.3 is 0 Å². The van der Waals surface area contributed by atoms with Crippen LogP contribution in [0.1, 0.15) is 11.1 Å². The molecular formula is C24H16ClF2N3O. The summed E-state index contributed by atoms with van der Waals surface area (Å²) in [6.45, 7) is 0.494. The zero-order chi connectivity index (χ0) is 21.5. The average Bonchev–Trinajstić information content (AvgIpc) is 3.05. The van der Waals surface area contributed by atoms with Crippen molar-refractivity contribution in [2.24, 2.45) is 0 Å². The predicted octanol–water partition coefficient (Wildman–Crippen LogP) is 5.38. The number of benzene rings is 3. The predicted molar refractivity (Wildman–Crippen MR) is 118 cm³/mol. The standard InChI is InChI=1S/C24H16ClF2N3O/c25-20-7-2-1-5-16(20)13-29-14-28-22-19-11-18(27)8-9-21(19)30(23(22)24(29)31)12-15-4-3-6-17(26)10-15/h1-11,14H,12-13H2. The largest absolute Gasteiger partial charge is 0.330 e. The zero-order valence-electron chi connectivity index (χ0n) is 16.2. The maximum Gasteiger partial charge on any atom is 0.278 e. The first-order chi connectivity index (χ1) is 15.0. The van der Waals surface area contributed by atoms with E-state index in [4.69, 9.17) is 11.6 Å². The van der Waals surface area contributed by atoms with Crippen LogP contribution in [-0.2, 0) is 13.1 Å². The minimum absolute atomic E-state index is 0.246. The highest BCUT2D eigenvalue weighted by molar-refractivity contribution is 6.31. The number of rotatable bonds is 4. The molecule has 0 radical (unpaired) electrons. The van der Waals surface area contributed by atoms with E-state index >= 15 is 0 Å². The van der Waals surface area contributed by atoms with Crippen LogP contribution in [0.25, 0.3) is 21.9 Å². The first-order valence-electron chi connectivity index (χ1n) is 9.66. The lowest BCUT2D eigenvalue weighted by molar-refractivity contribution is 0.624. The van der Waals surface area contributed by atoms with Crippen molar-refractivity contribution in [1.82, 2.24) is 14.1 Å². The lowest BCUT2D eigenvalue weighted by Crippen LogP contribution is -2.23. The van der Waals surface area contributed by atoms with Gasteiger partial charge in [0.05, 0.1) is 18.4 Å². The maximum absolute atomic E-state index is 14.0. The highest BCUT2D eigenvalue weighted by atomic mass is 35.5. The van der Waals surface area contributed by atoms with Crippen molar-refractivity contribution in [1.29, 1.82) is 0 Å². The second-order valence-electron chi connectivity index (χ2n) is 7.34. The first kappa shape index (κ1) is 19.5. The van der Waals surface area contributed by atoms with Gasteiger partial charge in [0, 0.05) is 17.0 Å². The van der Waals surface area contributed by atoms with E-state index in [1.807, 2.05) is 18.2 Å². The van der Waals surface area contributed by atoms with Gasteiger partial charge in [0.25, 0.3) is 5.56 Å². The molecule has 3 aromatic carbocycles. The lowest BCUT2D eigenvalue weighted by Gasteiger charge is -2.10. The van der Waals surface area contributed by atoms with Gasteiger partial charge in [-0.1, -0.05) is 41.9 Å². The summed E-state index contributed by atoms with van der Waals surface area (Å²) in [7, 11) is 0. The normalized spacial score (nSPS) is 11.5. The first-order valence-corrected chi connectivity index (χ1v) is 10.0. The summed E-state index contributed by atoms with van der Waals surface area (Å²) in [5, 5.41) is 1.09. The smallest absolute Gasteiger partial charge is 0.278 e. The molecule has 154 valence electrons. The molecule has 0 fully saturated rings. The summed E-state index contributed by atoms with van der Waals surface area (Å²) in [6.07, 6.45) is 1.45. The van der Waals surface area contributed by atoms with Gasteiger partial charge in [-0.15, -0.1) is 0 Å². The quantitative estimate of drug-likeness (QED) is 0.380. The monoisotopic (exact) mass is 435 g/mol. The molecule has 5 rings (SSSR count). The minimum Gasteiger partial charge on any atom is -0.330 e. The molecule has 5 aromatic rings. The summed E-state index contributed by atoms with van der Waals surface area (Å²) in [6, 6.07) is 17.8. The van der Waals surface area contributed by atoms with Crippen LogP contribution in [0, 0.1) is 11.6 Å². The SMILES string of the molecule is O=c1c2c(ncn1Cc1ccccc1Cl)c1cc(F)ccc1n2Cc1cccc(F)c1. The Hall–Kier alpha value is -3.51. The molecule has 4 nitrogen and oxygen atoms in total. The summed E-state index contributed by atoms with van der Waals surface area (Å²) >= 11 is 6.26. The van der Waals surface area contributed by atoms with Gasteiger partial charge in [-0.05, 0) is 47.5 Å². The lowest BCUT2D eigenvalue weighted by atomic mass is 10.2. The van der Waals surface area contributed by atoms with Gasteiger partial charge in [-0.2, -0.15) is 0 Å². The fourth-order valence-electron chi connectivity index (χ4n) is 3.88. The zero-order valence-corrected chi connectivity index (χ0v) is 17.0. The molecule has 0 N–H and O–H groups in total. The molecular weight excluding hydrogens is 420 g/mol. The van der Waals surface area contributed by atoms with Crippen molar-refractivity contribution >= 4 is 33.5 Å². The van der Waals surface area contributed by atoms with Gasteiger partial charge < -0.3 is 4.57 Å². The van der Waals surface area contributed by atoms with Gasteiger partial charge in [0.2, 0.25) is 0 Å². The number of halogens is 3. The van der Waals surface area contributed by atoms with E-state index < -0.39 is 5.82 Å². The Morgan fingerprint density at radius 1 is 0.903 bits per heavy atom. The Kier molecular flexibility index (Phi) is 4.79. The Morgan fingerprint density at radius 2 is 1.71 bits per heavy atom. The van der Waals surface area contributed by atoms with Crippen LogP contribution in [-0.4, -0.2) is 14.1 Å². The number of fused-ring (bicyclic) bond motifs is 3. The van der Waals surface area contributed by atoms with Gasteiger partial charge in [-0.25, -0.2) is 13.8 Å². The van der Waals surface area contributed by atoms with E-state index in [9.17, 15) is 13.6 Å². The summed E-state index contributed by atoms with van der Waals surface area (Å²) in [5.74, 6) is -0.780. The van der Waals surface area contributed by atoms with Crippen LogP contribution in [0.2, 0.25) is 5.02 Å². The molecule has 0 unspecified atom stereocenters. The Balaban J connectivity index is 1.74. The van der Waals surface area contributed by atoms with Crippen LogP contribution in [0.15, 0.2) is 77.9 Å². The van der Waals surface area contributed by atoms with Gasteiger partial charge in [-0.3, -0.25) is 9.36 Å². The Labute approximate surface area is 181 Å². The second-order valence-corrected chi connectivity index (χ2v) is 7.75. The Bertz CT molecular complexity index is 1510. The topological polar surface area (TPSA) is 39.8 Å². The van der Waals surface area contributed by atoms with Crippen LogP contribution < -0.4 is 5.56 Å². The third-order valence-electron chi connectivity index (χ3n) is 5.32. The fourth-order valence-corrected chi connectivity index (χ4v) is 4.07. The number of nitrogens with zero attached hydrogens (tertiary/aromatic N) is 3. The molecule has 0 amide bonds. The maximum atomic E-state index is 14.0. The molecule has 0 saturated heterocycles. The molecule has 2 heterocycles.